The van der Waals surface area contributed by atoms with E-state index < -0.39 is 16.9 Å². The van der Waals surface area contributed by atoms with Crippen LogP contribution in [0.4, 0.5) is 11.4 Å². The lowest BCUT2D eigenvalue weighted by atomic mass is 10.1. The van der Waals surface area contributed by atoms with Crippen LogP contribution in [0.5, 0.6) is 0 Å². The highest BCUT2D eigenvalue weighted by Gasteiger charge is 2.16. The Morgan fingerprint density at radius 3 is 2.13 bits per heavy atom. The Kier molecular flexibility index (Phi) is 5.69. The molecular formula is C22H19N3O6. The SMILES string of the molecule is Cc1cc([N+](=O)[O-])ccc1N=Cc1cc(C)n(-c2cc(C(=O)O)cc(C(=O)O)c2)c1C. The van der Waals surface area contributed by atoms with Gasteiger partial charge in [-0.1, -0.05) is 0 Å². The zero-order chi connectivity index (χ0) is 22.9. The van der Waals surface area contributed by atoms with Crippen molar-refractivity contribution in [1.82, 2.24) is 4.57 Å². The molecule has 0 spiro atoms. The molecule has 0 radical (unpaired) electrons. The number of non-ortho nitro benzene ring substituents is 1. The average Bonchev–Trinajstić information content (AvgIpc) is 2.99. The molecule has 31 heavy (non-hydrogen) atoms. The van der Waals surface area contributed by atoms with E-state index >= 15 is 0 Å². The maximum atomic E-state index is 11.4. The molecule has 0 fully saturated rings. The van der Waals surface area contributed by atoms with Crippen LogP contribution in [0, 0.1) is 30.9 Å². The normalized spacial score (nSPS) is 11.1. The van der Waals surface area contributed by atoms with E-state index in [4.69, 9.17) is 0 Å². The summed E-state index contributed by atoms with van der Waals surface area (Å²) in [6.45, 7) is 5.36. The summed E-state index contributed by atoms with van der Waals surface area (Å²) in [5.74, 6) is -2.44. The molecule has 0 aliphatic carbocycles. The maximum absolute atomic E-state index is 11.4. The number of nitrogens with zero attached hydrogens (tertiary/aromatic N) is 3. The Balaban J connectivity index is 2.04. The zero-order valence-electron chi connectivity index (χ0n) is 17.0. The van der Waals surface area contributed by atoms with Gasteiger partial charge in [-0.05, 0) is 56.7 Å². The number of hydrogen-bond acceptors (Lipinski definition) is 5. The van der Waals surface area contributed by atoms with Crippen molar-refractivity contribution in [1.29, 1.82) is 0 Å². The van der Waals surface area contributed by atoms with Crippen molar-refractivity contribution in [3.05, 3.63) is 86.2 Å². The van der Waals surface area contributed by atoms with Gasteiger partial charge in [-0.2, -0.15) is 0 Å². The van der Waals surface area contributed by atoms with Crippen molar-refractivity contribution >= 4 is 29.5 Å². The smallest absolute Gasteiger partial charge is 0.335 e. The molecule has 0 saturated heterocycles. The van der Waals surface area contributed by atoms with E-state index in [1.807, 2.05) is 19.9 Å². The Labute approximate surface area is 177 Å². The van der Waals surface area contributed by atoms with E-state index in [1.54, 1.807) is 23.8 Å². The number of benzene rings is 2. The predicted molar refractivity (Wildman–Crippen MR) is 114 cm³/mol. The van der Waals surface area contributed by atoms with Gasteiger partial charge in [0.2, 0.25) is 0 Å². The molecule has 158 valence electrons. The summed E-state index contributed by atoms with van der Waals surface area (Å²) in [4.78, 5) is 37.7. The van der Waals surface area contributed by atoms with E-state index in [0.717, 1.165) is 23.0 Å². The van der Waals surface area contributed by atoms with Gasteiger partial charge in [0.15, 0.2) is 0 Å². The molecule has 0 unspecified atom stereocenters. The number of nitro benzene ring substituents is 1. The number of hydrogen-bond donors (Lipinski definition) is 2. The summed E-state index contributed by atoms with van der Waals surface area (Å²) in [7, 11) is 0. The van der Waals surface area contributed by atoms with Crippen LogP contribution in [0.2, 0.25) is 0 Å². The molecule has 2 N–H and O–H groups in total. The van der Waals surface area contributed by atoms with E-state index in [1.165, 1.54) is 24.3 Å². The first-order valence-corrected chi connectivity index (χ1v) is 9.18. The largest absolute Gasteiger partial charge is 0.478 e. The lowest BCUT2D eigenvalue weighted by Crippen LogP contribution is -2.07. The number of nitro groups is 1. The van der Waals surface area contributed by atoms with Crippen LogP contribution in [0.3, 0.4) is 0 Å². The lowest BCUT2D eigenvalue weighted by Gasteiger charge is -2.12. The molecule has 1 aromatic heterocycles. The fraction of sp³-hybridized carbons (Fsp3) is 0.136. The lowest BCUT2D eigenvalue weighted by molar-refractivity contribution is -0.384. The van der Waals surface area contributed by atoms with Gasteiger partial charge < -0.3 is 14.8 Å². The van der Waals surface area contributed by atoms with Crippen LogP contribution >= 0.6 is 0 Å². The van der Waals surface area contributed by atoms with Crippen molar-refractivity contribution < 1.29 is 24.7 Å². The molecule has 3 aromatic rings. The van der Waals surface area contributed by atoms with Gasteiger partial charge in [0.1, 0.15) is 0 Å². The first kappa shape index (κ1) is 21.4. The summed E-state index contributed by atoms with van der Waals surface area (Å²) in [6.07, 6.45) is 1.62. The standard InChI is InChI=1S/C22H19N3O6/c1-12-6-18(25(30)31)4-5-20(12)23-11-17-7-13(2)24(14(17)3)19-9-15(21(26)27)8-16(10-19)22(28)29/h4-11H,1-3H3,(H,26,27)(H,28,29). The molecule has 0 aliphatic heterocycles. The van der Waals surface area contributed by atoms with Gasteiger partial charge in [-0.25, -0.2) is 9.59 Å². The van der Waals surface area contributed by atoms with E-state index in [-0.39, 0.29) is 16.8 Å². The average molecular weight is 421 g/mol. The third-order valence-corrected chi connectivity index (χ3v) is 4.87. The fourth-order valence-electron chi connectivity index (χ4n) is 3.34. The minimum atomic E-state index is -1.22. The molecule has 0 amide bonds. The van der Waals surface area contributed by atoms with Crippen molar-refractivity contribution in [2.45, 2.75) is 20.8 Å². The molecule has 0 atom stereocenters. The second-order valence-electron chi connectivity index (χ2n) is 7.03. The number of aryl methyl sites for hydroxylation is 2. The third-order valence-electron chi connectivity index (χ3n) is 4.87. The number of aromatic carboxylic acids is 2. The molecular weight excluding hydrogens is 402 g/mol. The predicted octanol–water partition coefficient (Wildman–Crippen LogP) is 4.46. The molecule has 0 aliphatic rings. The maximum Gasteiger partial charge on any atom is 0.335 e. The summed E-state index contributed by atoms with van der Waals surface area (Å²) < 4.78 is 1.75. The first-order valence-electron chi connectivity index (χ1n) is 9.18. The molecule has 9 nitrogen and oxygen atoms in total. The number of aliphatic imine (C=N–C) groups is 1. The van der Waals surface area contributed by atoms with Gasteiger partial charge in [0, 0.05) is 41.0 Å². The summed E-state index contributed by atoms with van der Waals surface area (Å²) >= 11 is 0. The number of carbonyl (C=O) groups is 2. The molecule has 1 heterocycles. The van der Waals surface area contributed by atoms with Crippen molar-refractivity contribution in [2.75, 3.05) is 0 Å². The van der Waals surface area contributed by atoms with Gasteiger partial charge in [-0.15, -0.1) is 0 Å². The summed E-state index contributed by atoms with van der Waals surface area (Å²) in [5, 5.41) is 29.5. The first-order chi connectivity index (χ1) is 14.6. The van der Waals surface area contributed by atoms with Gasteiger partial charge in [-0.3, -0.25) is 15.1 Å². The van der Waals surface area contributed by atoms with Crippen LogP contribution in [-0.2, 0) is 0 Å². The van der Waals surface area contributed by atoms with E-state index in [2.05, 4.69) is 4.99 Å². The Morgan fingerprint density at radius 1 is 1.00 bits per heavy atom. The minimum absolute atomic E-state index is 0.0119. The third kappa shape index (κ3) is 4.35. The van der Waals surface area contributed by atoms with Crippen LogP contribution in [0.1, 0.15) is 43.2 Å². The summed E-state index contributed by atoms with van der Waals surface area (Å²) in [5.41, 5.74) is 3.63. The minimum Gasteiger partial charge on any atom is -0.478 e. The molecule has 2 aromatic carbocycles. The molecule has 9 heteroatoms. The van der Waals surface area contributed by atoms with Crippen LogP contribution in [0.15, 0.2) is 47.5 Å². The summed E-state index contributed by atoms with van der Waals surface area (Å²) in [6, 6.07) is 10.2. The topological polar surface area (TPSA) is 135 Å². The van der Waals surface area contributed by atoms with Crippen LogP contribution < -0.4 is 0 Å². The van der Waals surface area contributed by atoms with Gasteiger partial charge in [0.05, 0.1) is 21.7 Å². The van der Waals surface area contributed by atoms with Crippen molar-refractivity contribution in [3.8, 4) is 5.69 Å². The number of carboxylic acid groups (broad SMARTS) is 2. The van der Waals surface area contributed by atoms with Crippen LogP contribution in [0.25, 0.3) is 5.69 Å². The van der Waals surface area contributed by atoms with E-state index in [0.29, 0.717) is 16.9 Å². The molecule has 3 rings (SSSR count). The second kappa shape index (κ2) is 8.23. The highest BCUT2D eigenvalue weighted by molar-refractivity contribution is 5.95. The highest BCUT2D eigenvalue weighted by Crippen LogP contribution is 2.26. The van der Waals surface area contributed by atoms with Gasteiger partial charge in [0.25, 0.3) is 5.69 Å². The Bertz CT molecular complexity index is 1220. The zero-order valence-corrected chi connectivity index (χ0v) is 17.0. The number of rotatable bonds is 6. The fourth-order valence-corrected chi connectivity index (χ4v) is 3.34. The molecule has 0 bridgehead atoms. The van der Waals surface area contributed by atoms with Gasteiger partial charge >= 0.3 is 11.9 Å². The second-order valence-corrected chi connectivity index (χ2v) is 7.03. The number of aromatic nitrogens is 1. The van der Waals surface area contributed by atoms with Crippen LogP contribution in [-0.4, -0.2) is 37.9 Å². The Morgan fingerprint density at radius 2 is 1.61 bits per heavy atom. The van der Waals surface area contributed by atoms with E-state index in [9.17, 15) is 29.9 Å². The van der Waals surface area contributed by atoms with Crippen molar-refractivity contribution in [2.24, 2.45) is 4.99 Å². The molecule has 0 saturated carbocycles. The van der Waals surface area contributed by atoms with Crippen molar-refractivity contribution in [3.63, 3.8) is 0 Å². The number of carboxylic acids is 2. The Hall–Kier alpha value is -4.27. The monoisotopic (exact) mass is 421 g/mol. The highest BCUT2D eigenvalue weighted by atomic mass is 16.6. The quantitative estimate of drug-likeness (QED) is 0.343.